The van der Waals surface area contributed by atoms with Crippen molar-refractivity contribution in [3.05, 3.63) is 52.2 Å². The van der Waals surface area contributed by atoms with Crippen LogP contribution < -0.4 is 26.0 Å². The van der Waals surface area contributed by atoms with Gasteiger partial charge >= 0.3 is 5.97 Å². The van der Waals surface area contributed by atoms with E-state index in [0.29, 0.717) is 23.9 Å². The maximum atomic E-state index is 12.4. The van der Waals surface area contributed by atoms with E-state index in [2.05, 4.69) is 31.0 Å². The first-order valence-electron chi connectivity index (χ1n) is 10.7. The Balaban J connectivity index is 1.48. The predicted octanol–water partition coefficient (Wildman–Crippen LogP) is -0.422. The van der Waals surface area contributed by atoms with Crippen LogP contribution in [0.5, 0.6) is 0 Å². The maximum absolute atomic E-state index is 12.4. The second-order valence-corrected chi connectivity index (χ2v) is 10.2. The van der Waals surface area contributed by atoms with E-state index in [-0.39, 0.29) is 15.7 Å². The van der Waals surface area contributed by atoms with E-state index in [1.165, 1.54) is 36.4 Å². The van der Waals surface area contributed by atoms with Gasteiger partial charge in [-0.15, -0.1) is 11.3 Å². The monoisotopic (exact) mass is 522 g/mol. The van der Waals surface area contributed by atoms with Gasteiger partial charge in [-0.1, -0.05) is 18.2 Å². The Morgan fingerprint density at radius 1 is 1.03 bits per heavy atom. The number of thiophene rings is 1. The van der Waals surface area contributed by atoms with Gasteiger partial charge in [-0.3, -0.25) is 19.4 Å². The van der Waals surface area contributed by atoms with Gasteiger partial charge in [0, 0.05) is 32.7 Å². The third-order valence-electron chi connectivity index (χ3n) is 4.77. The second kappa shape index (κ2) is 12.3. The van der Waals surface area contributed by atoms with Crippen molar-refractivity contribution in [3.8, 4) is 0 Å². The lowest BCUT2D eigenvalue weighted by atomic mass is 10.3. The molecule has 0 aliphatic carbocycles. The number of carboxylic acids is 1. The third kappa shape index (κ3) is 7.77. The molecule has 1 aromatic heterocycles. The first-order chi connectivity index (χ1) is 16.8. The van der Waals surface area contributed by atoms with Gasteiger partial charge in [0.05, 0.1) is 14.6 Å². The predicted molar refractivity (Wildman–Crippen MR) is 130 cm³/mol. The van der Waals surface area contributed by atoms with Crippen molar-refractivity contribution in [3.63, 3.8) is 0 Å². The molecule has 1 unspecified atom stereocenters. The standard InChI is InChI=1S/C21H26N6O6S2/c28-18(22-11-12-25-21-23-9-4-10-24-21)16-7-8-17(34-16)19(29)26-13-15(20(30)31)27-35(32,33)14-5-2-1-3-6-14/h1-3,5-8,15,27H,4,9-13H2,(H,22,28)(H,26,29)(H,30,31)(H2,23,24,25). The number of amides is 2. The zero-order valence-electron chi connectivity index (χ0n) is 18.6. The molecule has 2 amide bonds. The molecule has 3 rings (SSSR count). The number of benzene rings is 1. The minimum atomic E-state index is -4.09. The van der Waals surface area contributed by atoms with Crippen molar-refractivity contribution in [2.75, 3.05) is 32.7 Å². The Bertz CT molecular complexity index is 1180. The number of nitrogens with one attached hydrogen (secondary N) is 5. The van der Waals surface area contributed by atoms with Crippen LogP contribution in [0, 0.1) is 0 Å². The Morgan fingerprint density at radius 2 is 1.71 bits per heavy atom. The van der Waals surface area contributed by atoms with E-state index in [1.54, 1.807) is 6.07 Å². The average Bonchev–Trinajstić information content (AvgIpc) is 3.36. The van der Waals surface area contributed by atoms with Crippen LogP contribution in [0.4, 0.5) is 0 Å². The summed E-state index contributed by atoms with van der Waals surface area (Å²) in [5.74, 6) is -1.72. The Labute approximate surface area is 206 Å². The fourth-order valence-corrected chi connectivity index (χ4v) is 5.04. The smallest absolute Gasteiger partial charge is 0.323 e. The van der Waals surface area contributed by atoms with Crippen LogP contribution in [0.25, 0.3) is 0 Å². The van der Waals surface area contributed by atoms with Gasteiger partial charge in [-0.25, -0.2) is 8.42 Å². The molecule has 2 heterocycles. The molecule has 1 aliphatic heterocycles. The molecule has 2 aromatic rings. The van der Waals surface area contributed by atoms with Gasteiger partial charge in [0.1, 0.15) is 6.04 Å². The fourth-order valence-electron chi connectivity index (χ4n) is 2.99. The van der Waals surface area contributed by atoms with E-state index in [1.807, 2.05) is 0 Å². The van der Waals surface area contributed by atoms with Crippen LogP contribution in [0.1, 0.15) is 25.8 Å². The lowest BCUT2D eigenvalue weighted by molar-refractivity contribution is -0.138. The Morgan fingerprint density at radius 3 is 2.34 bits per heavy atom. The summed E-state index contributed by atoms with van der Waals surface area (Å²) >= 11 is 0.939. The maximum Gasteiger partial charge on any atom is 0.323 e. The van der Waals surface area contributed by atoms with Crippen molar-refractivity contribution in [2.45, 2.75) is 17.4 Å². The van der Waals surface area contributed by atoms with Crippen LogP contribution in [-0.2, 0) is 14.8 Å². The van der Waals surface area contributed by atoms with Crippen molar-refractivity contribution in [1.82, 2.24) is 26.0 Å². The van der Waals surface area contributed by atoms with Gasteiger partial charge in [-0.05, 0) is 30.7 Å². The molecule has 14 heteroatoms. The highest BCUT2D eigenvalue weighted by Gasteiger charge is 2.26. The van der Waals surface area contributed by atoms with Gasteiger partial charge < -0.3 is 26.4 Å². The van der Waals surface area contributed by atoms with E-state index < -0.39 is 34.5 Å². The molecule has 0 fully saturated rings. The van der Waals surface area contributed by atoms with Crippen molar-refractivity contribution in [1.29, 1.82) is 0 Å². The summed E-state index contributed by atoms with van der Waals surface area (Å²) in [5.41, 5.74) is 0. The highest BCUT2D eigenvalue weighted by molar-refractivity contribution is 7.89. The molecular weight excluding hydrogens is 496 g/mol. The number of aliphatic carboxylic acids is 1. The third-order valence-corrected chi connectivity index (χ3v) is 7.34. The summed E-state index contributed by atoms with van der Waals surface area (Å²) in [6.45, 7) is 1.95. The average molecular weight is 523 g/mol. The summed E-state index contributed by atoms with van der Waals surface area (Å²) in [6.07, 6.45) is 0.983. The van der Waals surface area contributed by atoms with Gasteiger partial charge in [-0.2, -0.15) is 4.72 Å². The number of rotatable bonds is 11. The quantitative estimate of drug-likeness (QED) is 0.215. The van der Waals surface area contributed by atoms with Crippen LogP contribution in [0.15, 0.2) is 52.4 Å². The molecule has 188 valence electrons. The highest BCUT2D eigenvalue weighted by atomic mass is 32.2. The molecular formula is C21H26N6O6S2. The number of guanidine groups is 1. The topological polar surface area (TPSA) is 178 Å². The summed E-state index contributed by atoms with van der Waals surface area (Å²) in [5, 5.41) is 20.7. The van der Waals surface area contributed by atoms with E-state index in [0.717, 1.165) is 30.8 Å². The summed E-state index contributed by atoms with van der Waals surface area (Å²) < 4.78 is 26.9. The lowest BCUT2D eigenvalue weighted by Crippen LogP contribution is -2.48. The van der Waals surface area contributed by atoms with E-state index >= 15 is 0 Å². The molecule has 1 aliphatic rings. The molecule has 0 spiro atoms. The van der Waals surface area contributed by atoms with Crippen molar-refractivity contribution < 1.29 is 27.9 Å². The van der Waals surface area contributed by atoms with Gasteiger partial charge in [0.15, 0.2) is 5.96 Å². The normalized spacial score (nSPS) is 14.2. The number of hydrogen-bond acceptors (Lipinski definition) is 9. The van der Waals surface area contributed by atoms with Crippen LogP contribution in [0.3, 0.4) is 0 Å². The van der Waals surface area contributed by atoms with Gasteiger partial charge in [0.25, 0.3) is 11.8 Å². The van der Waals surface area contributed by atoms with Gasteiger partial charge in [0.2, 0.25) is 10.0 Å². The zero-order chi connectivity index (χ0) is 25.3. The molecule has 0 radical (unpaired) electrons. The molecule has 12 nitrogen and oxygen atoms in total. The molecule has 0 saturated heterocycles. The minimum Gasteiger partial charge on any atom is -0.480 e. The number of carbonyl (C=O) groups excluding carboxylic acids is 2. The number of aliphatic imine (C=N–C) groups is 1. The van der Waals surface area contributed by atoms with Crippen molar-refractivity contribution in [2.24, 2.45) is 4.99 Å². The second-order valence-electron chi connectivity index (χ2n) is 7.39. The zero-order valence-corrected chi connectivity index (χ0v) is 20.2. The van der Waals surface area contributed by atoms with Crippen LogP contribution >= 0.6 is 11.3 Å². The molecule has 0 saturated carbocycles. The summed E-state index contributed by atoms with van der Waals surface area (Å²) in [6, 6.07) is 8.66. The molecule has 1 aromatic carbocycles. The molecule has 35 heavy (non-hydrogen) atoms. The summed E-state index contributed by atoms with van der Waals surface area (Å²) in [7, 11) is -4.09. The largest absolute Gasteiger partial charge is 0.480 e. The van der Waals surface area contributed by atoms with Crippen LogP contribution in [0.2, 0.25) is 0 Å². The number of sulfonamides is 1. The fraction of sp³-hybridized carbons (Fsp3) is 0.333. The Hall–Kier alpha value is -3.49. The Kier molecular flexibility index (Phi) is 9.17. The first kappa shape index (κ1) is 26.1. The lowest BCUT2D eigenvalue weighted by Gasteiger charge is -2.16. The van der Waals surface area contributed by atoms with E-state index in [9.17, 15) is 27.9 Å². The number of hydrogen-bond donors (Lipinski definition) is 6. The molecule has 6 N–H and O–H groups in total. The molecule has 1 atom stereocenters. The molecule has 0 bridgehead atoms. The van der Waals surface area contributed by atoms with Crippen molar-refractivity contribution >= 4 is 45.1 Å². The highest BCUT2D eigenvalue weighted by Crippen LogP contribution is 2.16. The number of carbonyl (C=O) groups is 3. The number of nitrogens with zero attached hydrogens (tertiary/aromatic N) is 1. The first-order valence-corrected chi connectivity index (χ1v) is 13.0. The SMILES string of the molecule is O=C(NCCNC1=NCCCN1)c1ccc(C(=O)NCC(NS(=O)(=O)c2ccccc2)C(=O)O)s1. The summed E-state index contributed by atoms with van der Waals surface area (Å²) in [4.78, 5) is 41.0. The number of carboxylic acid groups (broad SMARTS) is 1. The van der Waals surface area contributed by atoms with Crippen LogP contribution in [-0.4, -0.2) is 76.0 Å². The van der Waals surface area contributed by atoms with E-state index in [4.69, 9.17) is 0 Å². The minimum absolute atomic E-state index is 0.0929.